The summed E-state index contributed by atoms with van der Waals surface area (Å²) in [4.78, 5) is 22.7. The van der Waals surface area contributed by atoms with Crippen molar-refractivity contribution in [2.75, 3.05) is 72.6 Å². The first-order valence-electron chi connectivity index (χ1n) is 9.90. The average Bonchev–Trinajstić information content (AvgIpc) is 2.65. The maximum absolute atomic E-state index is 11.4. The predicted octanol–water partition coefficient (Wildman–Crippen LogP) is 0.366. The van der Waals surface area contributed by atoms with E-state index in [1.807, 2.05) is 27.7 Å². The Kier molecular flexibility index (Phi) is 18.2. The van der Waals surface area contributed by atoms with Gasteiger partial charge < -0.3 is 34.3 Å². The van der Waals surface area contributed by atoms with Gasteiger partial charge in [-0.05, 0) is 13.8 Å². The Morgan fingerprint density at radius 3 is 1.54 bits per heavy atom. The second-order valence-corrected chi connectivity index (χ2v) is 6.60. The molecule has 0 radical (unpaired) electrons. The van der Waals surface area contributed by atoms with E-state index in [2.05, 4.69) is 10.6 Å². The molecule has 9 nitrogen and oxygen atoms in total. The molecule has 28 heavy (non-hydrogen) atoms. The monoisotopic (exact) mass is 406 g/mol. The van der Waals surface area contributed by atoms with Gasteiger partial charge in [0.15, 0.2) is 0 Å². The van der Waals surface area contributed by atoms with E-state index in [4.69, 9.17) is 23.7 Å². The fourth-order valence-electron chi connectivity index (χ4n) is 1.77. The van der Waals surface area contributed by atoms with Crippen molar-refractivity contribution in [3.8, 4) is 0 Å². The molecule has 0 aliphatic carbocycles. The van der Waals surface area contributed by atoms with Gasteiger partial charge in [0, 0.05) is 19.0 Å². The van der Waals surface area contributed by atoms with Crippen molar-refractivity contribution in [2.24, 2.45) is 5.92 Å². The normalized spacial score (nSPS) is 11.2. The molecule has 0 heterocycles. The van der Waals surface area contributed by atoms with E-state index in [1.54, 1.807) is 0 Å². The molecule has 0 spiro atoms. The zero-order valence-corrected chi connectivity index (χ0v) is 17.8. The summed E-state index contributed by atoms with van der Waals surface area (Å²) < 4.78 is 26.6. The Bertz CT molecular complexity index is 392. The van der Waals surface area contributed by atoms with Crippen LogP contribution in [0.15, 0.2) is 0 Å². The molecule has 0 atom stereocenters. The van der Waals surface area contributed by atoms with Crippen LogP contribution in [0.25, 0.3) is 0 Å². The zero-order valence-electron chi connectivity index (χ0n) is 17.8. The van der Waals surface area contributed by atoms with Crippen LogP contribution in [0.5, 0.6) is 0 Å². The minimum atomic E-state index is -0.144. The van der Waals surface area contributed by atoms with Crippen molar-refractivity contribution in [1.82, 2.24) is 10.6 Å². The number of hydrogen-bond donors (Lipinski definition) is 2. The van der Waals surface area contributed by atoms with E-state index in [0.717, 1.165) is 0 Å². The summed E-state index contributed by atoms with van der Waals surface area (Å²) in [6, 6.07) is 0. The highest BCUT2D eigenvalue weighted by molar-refractivity contribution is 5.77. The molecule has 0 bridgehead atoms. The average molecular weight is 407 g/mol. The molecule has 166 valence electrons. The summed E-state index contributed by atoms with van der Waals surface area (Å²) in [5.41, 5.74) is 0. The van der Waals surface area contributed by atoms with E-state index in [9.17, 15) is 9.59 Å². The Morgan fingerprint density at radius 1 is 0.679 bits per heavy atom. The van der Waals surface area contributed by atoms with Crippen molar-refractivity contribution < 1.29 is 33.3 Å². The van der Waals surface area contributed by atoms with E-state index in [-0.39, 0.29) is 30.4 Å². The minimum Gasteiger partial charge on any atom is -0.377 e. The van der Waals surface area contributed by atoms with E-state index < -0.39 is 0 Å². The molecule has 0 rings (SSSR count). The number of nitrogens with one attached hydrogen (secondary N) is 2. The lowest BCUT2D eigenvalue weighted by molar-refractivity contribution is -0.127. The van der Waals surface area contributed by atoms with Crippen molar-refractivity contribution in [3.63, 3.8) is 0 Å². The molecular formula is C19H38N2O7. The van der Waals surface area contributed by atoms with Crippen LogP contribution < -0.4 is 10.6 Å². The Hall–Kier alpha value is -1.26. The third-order valence-corrected chi connectivity index (χ3v) is 3.30. The number of carbonyl (C=O) groups is 2. The van der Waals surface area contributed by atoms with E-state index >= 15 is 0 Å². The molecule has 0 unspecified atom stereocenters. The third kappa shape index (κ3) is 19.5. The van der Waals surface area contributed by atoms with Gasteiger partial charge in [0.25, 0.3) is 0 Å². The highest BCUT2D eigenvalue weighted by Crippen LogP contribution is 1.89. The van der Waals surface area contributed by atoms with Gasteiger partial charge >= 0.3 is 0 Å². The quantitative estimate of drug-likeness (QED) is 0.299. The molecule has 0 aliphatic rings. The first-order valence-corrected chi connectivity index (χ1v) is 9.90. The summed E-state index contributed by atoms with van der Waals surface area (Å²) in [7, 11) is 0. The van der Waals surface area contributed by atoms with Gasteiger partial charge in [-0.3, -0.25) is 9.59 Å². The fourth-order valence-corrected chi connectivity index (χ4v) is 1.77. The fraction of sp³-hybridized carbons (Fsp3) is 0.895. The summed E-state index contributed by atoms with van der Waals surface area (Å²) in [5, 5.41) is 5.49. The number of ether oxygens (including phenoxy) is 5. The van der Waals surface area contributed by atoms with Gasteiger partial charge in [-0.25, -0.2) is 0 Å². The van der Waals surface area contributed by atoms with Gasteiger partial charge in [0.1, 0.15) is 6.61 Å². The molecule has 2 N–H and O–H groups in total. The number of carbonyl (C=O) groups excluding carboxylic acids is 2. The standard InChI is InChI=1S/C19H38N2O7/c1-16(2)19(23)21-6-8-25-10-12-27-14-13-26-11-9-24-7-5-20-18(22)15-28-17(3)4/h16-17H,5-15H2,1-4H3,(H,20,22)(H,21,23). The third-order valence-electron chi connectivity index (χ3n) is 3.30. The lowest BCUT2D eigenvalue weighted by Crippen LogP contribution is -2.31. The van der Waals surface area contributed by atoms with Gasteiger partial charge in [-0.1, -0.05) is 13.8 Å². The van der Waals surface area contributed by atoms with Gasteiger partial charge in [0.2, 0.25) is 11.8 Å². The lowest BCUT2D eigenvalue weighted by Gasteiger charge is -2.09. The van der Waals surface area contributed by atoms with Crippen LogP contribution in [-0.4, -0.2) is 90.5 Å². The smallest absolute Gasteiger partial charge is 0.246 e. The minimum absolute atomic E-state index is 0.00994. The van der Waals surface area contributed by atoms with Crippen LogP contribution in [0.1, 0.15) is 27.7 Å². The van der Waals surface area contributed by atoms with E-state index in [1.165, 1.54) is 0 Å². The first-order chi connectivity index (χ1) is 13.4. The summed E-state index contributed by atoms with van der Waals surface area (Å²) in [6.45, 7) is 12.3. The van der Waals surface area contributed by atoms with Crippen LogP contribution in [0.2, 0.25) is 0 Å². The highest BCUT2D eigenvalue weighted by atomic mass is 16.6. The molecule has 0 fully saturated rings. The van der Waals surface area contributed by atoms with Crippen molar-refractivity contribution in [2.45, 2.75) is 33.8 Å². The molecule has 0 aliphatic heterocycles. The molecule has 0 saturated heterocycles. The summed E-state index contributed by atoms with van der Waals surface area (Å²) >= 11 is 0. The topological polar surface area (TPSA) is 104 Å². The van der Waals surface area contributed by atoms with Crippen LogP contribution >= 0.6 is 0 Å². The van der Waals surface area contributed by atoms with Gasteiger partial charge in [-0.2, -0.15) is 0 Å². The van der Waals surface area contributed by atoms with Crippen molar-refractivity contribution >= 4 is 11.8 Å². The molecule has 0 aromatic carbocycles. The Labute approximate surface area is 168 Å². The predicted molar refractivity (Wildman–Crippen MR) is 105 cm³/mol. The molecule has 0 aromatic heterocycles. The van der Waals surface area contributed by atoms with Crippen LogP contribution in [0.3, 0.4) is 0 Å². The number of hydrogen-bond acceptors (Lipinski definition) is 7. The van der Waals surface area contributed by atoms with Crippen LogP contribution in [-0.2, 0) is 33.3 Å². The largest absolute Gasteiger partial charge is 0.377 e. The molecule has 0 aromatic rings. The molecule has 2 amide bonds. The zero-order chi connectivity index (χ0) is 21.0. The molecule has 0 saturated carbocycles. The molecule has 9 heteroatoms. The summed E-state index contributed by atoms with van der Waals surface area (Å²) in [5.74, 6) is -0.124. The van der Waals surface area contributed by atoms with Crippen molar-refractivity contribution in [1.29, 1.82) is 0 Å². The highest BCUT2D eigenvalue weighted by Gasteiger charge is 2.04. The Balaban J connectivity index is 3.16. The Morgan fingerprint density at radius 2 is 1.11 bits per heavy atom. The maximum Gasteiger partial charge on any atom is 0.246 e. The maximum atomic E-state index is 11.4. The SMILES string of the molecule is CC(C)OCC(=O)NCCOCCOCCOCCOCCNC(=O)C(C)C. The number of rotatable bonds is 19. The molecular weight excluding hydrogens is 368 g/mol. The lowest BCUT2D eigenvalue weighted by atomic mass is 10.2. The number of amides is 2. The van der Waals surface area contributed by atoms with Gasteiger partial charge in [-0.15, -0.1) is 0 Å². The van der Waals surface area contributed by atoms with Crippen LogP contribution in [0, 0.1) is 5.92 Å². The van der Waals surface area contributed by atoms with Crippen LogP contribution in [0.4, 0.5) is 0 Å². The van der Waals surface area contributed by atoms with E-state index in [0.29, 0.717) is 65.9 Å². The second-order valence-electron chi connectivity index (χ2n) is 6.60. The first kappa shape index (κ1) is 26.7. The van der Waals surface area contributed by atoms with Crippen molar-refractivity contribution in [3.05, 3.63) is 0 Å². The van der Waals surface area contributed by atoms with Gasteiger partial charge in [0.05, 0.1) is 59.0 Å². The summed E-state index contributed by atoms with van der Waals surface area (Å²) in [6.07, 6.45) is 0.0412. The second kappa shape index (κ2) is 19.1.